The summed E-state index contributed by atoms with van der Waals surface area (Å²) in [6, 6.07) is 0. The van der Waals surface area contributed by atoms with Gasteiger partial charge >= 0.3 is 0 Å². The maximum Gasteiger partial charge on any atom is 0.215 e. The molecule has 0 amide bonds. The van der Waals surface area contributed by atoms with Crippen LogP contribution in [0.15, 0.2) is 4.99 Å². The van der Waals surface area contributed by atoms with E-state index in [4.69, 9.17) is 9.47 Å². The molecule has 0 atom stereocenters. The molecule has 2 saturated heterocycles. The van der Waals surface area contributed by atoms with Crippen LogP contribution in [-0.4, -0.2) is 95.1 Å². The zero-order valence-corrected chi connectivity index (χ0v) is 21.4. The van der Waals surface area contributed by atoms with Crippen molar-refractivity contribution in [2.24, 2.45) is 10.9 Å². The molecule has 0 aromatic heterocycles. The highest BCUT2D eigenvalue weighted by molar-refractivity contribution is 14.0. The molecule has 0 unspecified atom stereocenters. The first-order valence-electron chi connectivity index (χ1n) is 10.3. The second-order valence-electron chi connectivity index (χ2n) is 7.00. The maximum absolute atomic E-state index is 12.4. The van der Waals surface area contributed by atoms with Crippen molar-refractivity contribution in [1.82, 2.24) is 14.9 Å². The van der Waals surface area contributed by atoms with Crippen molar-refractivity contribution in [2.75, 3.05) is 76.4 Å². The summed E-state index contributed by atoms with van der Waals surface area (Å²) in [7, 11) is -3.19. The van der Waals surface area contributed by atoms with E-state index in [-0.39, 0.29) is 29.7 Å². The fourth-order valence-corrected chi connectivity index (χ4v) is 5.61. The second-order valence-corrected chi connectivity index (χ2v) is 10.3. The van der Waals surface area contributed by atoms with Gasteiger partial charge < -0.3 is 20.1 Å². The molecule has 0 bridgehead atoms. The van der Waals surface area contributed by atoms with E-state index >= 15 is 0 Å². The highest BCUT2D eigenvalue weighted by Crippen LogP contribution is 2.15. The zero-order valence-electron chi connectivity index (χ0n) is 17.4. The predicted molar refractivity (Wildman–Crippen MR) is 131 cm³/mol. The number of aliphatic imine (C=N–C) groups is 1. The van der Waals surface area contributed by atoms with Crippen LogP contribution in [0.1, 0.15) is 26.2 Å². The Labute approximate surface area is 197 Å². The van der Waals surface area contributed by atoms with Crippen LogP contribution in [0.3, 0.4) is 0 Å². The van der Waals surface area contributed by atoms with Crippen LogP contribution < -0.4 is 10.6 Å². The van der Waals surface area contributed by atoms with E-state index in [1.54, 1.807) is 16.1 Å². The number of nitrogens with one attached hydrogen (secondary N) is 2. The molecule has 0 aromatic rings. The molecular weight excluding hydrogens is 527 g/mol. The Kier molecular flexibility index (Phi) is 14.9. The number of rotatable bonds is 11. The monoisotopic (exact) mass is 564 g/mol. The summed E-state index contributed by atoms with van der Waals surface area (Å²) in [6.45, 7) is 8.19. The van der Waals surface area contributed by atoms with Crippen LogP contribution in [0.25, 0.3) is 0 Å². The first kappa shape index (κ1) is 27.2. The molecule has 2 heterocycles. The Bertz CT molecular complexity index is 554. The van der Waals surface area contributed by atoms with Gasteiger partial charge in [-0.1, -0.05) is 0 Å². The van der Waals surface area contributed by atoms with Crippen LogP contribution in [0.2, 0.25) is 0 Å². The molecule has 2 aliphatic rings. The number of halogens is 1. The lowest BCUT2D eigenvalue weighted by molar-refractivity contribution is 0.0205. The van der Waals surface area contributed by atoms with Crippen molar-refractivity contribution >= 4 is 51.7 Å². The number of hydrogen-bond donors (Lipinski definition) is 2. The Balaban J connectivity index is 0.00000420. The highest BCUT2D eigenvalue weighted by atomic mass is 127. The average Bonchev–Trinajstić information content (AvgIpc) is 2.72. The number of sulfonamides is 1. The molecule has 0 spiro atoms. The van der Waals surface area contributed by atoms with Crippen molar-refractivity contribution in [3.63, 3.8) is 0 Å². The molecule has 2 aliphatic heterocycles. The van der Waals surface area contributed by atoms with E-state index in [0.717, 1.165) is 57.1 Å². The van der Waals surface area contributed by atoms with E-state index in [1.165, 1.54) is 0 Å². The van der Waals surface area contributed by atoms with E-state index in [2.05, 4.69) is 15.6 Å². The number of thioether (sulfide) groups is 1. The summed E-state index contributed by atoms with van der Waals surface area (Å²) in [6.07, 6.45) is 3.03. The summed E-state index contributed by atoms with van der Waals surface area (Å²) in [5, 5.41) is 6.30. The van der Waals surface area contributed by atoms with Gasteiger partial charge in [0.05, 0.1) is 5.75 Å². The van der Waals surface area contributed by atoms with Crippen molar-refractivity contribution in [3.8, 4) is 0 Å². The van der Waals surface area contributed by atoms with E-state index in [0.29, 0.717) is 44.7 Å². The molecule has 11 heteroatoms. The van der Waals surface area contributed by atoms with Gasteiger partial charge in [-0.15, -0.1) is 24.0 Å². The Morgan fingerprint density at radius 1 is 1.24 bits per heavy atom. The molecule has 29 heavy (non-hydrogen) atoms. The standard InChI is InChI=1S/C18H36N4O4S2.HI/c1-2-19-18(20-6-3-10-26-16-17-4-11-25-12-5-17)21-7-15-28(23,24)22-8-13-27-14-9-22;/h17H,2-16H2,1H3,(H2,19,20,21);1H. The van der Waals surface area contributed by atoms with Gasteiger partial charge in [0, 0.05) is 70.7 Å². The lowest BCUT2D eigenvalue weighted by Gasteiger charge is -2.25. The summed E-state index contributed by atoms with van der Waals surface area (Å²) in [5.41, 5.74) is 0. The quantitative estimate of drug-likeness (QED) is 0.170. The van der Waals surface area contributed by atoms with Crippen molar-refractivity contribution < 1.29 is 17.9 Å². The number of nitrogens with zero attached hydrogens (tertiary/aromatic N) is 2. The van der Waals surface area contributed by atoms with E-state index in [9.17, 15) is 8.42 Å². The van der Waals surface area contributed by atoms with Crippen LogP contribution in [0, 0.1) is 5.92 Å². The Hall–Kier alpha value is 0.180. The Morgan fingerprint density at radius 3 is 2.66 bits per heavy atom. The SMILES string of the molecule is CCNC(=NCCCOCC1CCOCC1)NCCS(=O)(=O)N1CCSCC1.I. The van der Waals surface area contributed by atoms with Gasteiger partial charge in [-0.2, -0.15) is 11.8 Å². The third-order valence-electron chi connectivity index (χ3n) is 4.77. The highest BCUT2D eigenvalue weighted by Gasteiger charge is 2.23. The summed E-state index contributed by atoms with van der Waals surface area (Å²) in [4.78, 5) is 4.51. The van der Waals surface area contributed by atoms with Crippen LogP contribution in [0.4, 0.5) is 0 Å². The van der Waals surface area contributed by atoms with Gasteiger partial charge in [-0.05, 0) is 32.1 Å². The van der Waals surface area contributed by atoms with Crippen molar-refractivity contribution in [2.45, 2.75) is 26.2 Å². The first-order valence-corrected chi connectivity index (χ1v) is 13.1. The lowest BCUT2D eigenvalue weighted by Crippen LogP contribution is -2.44. The van der Waals surface area contributed by atoms with E-state index < -0.39 is 10.0 Å². The number of ether oxygens (including phenoxy) is 2. The molecule has 0 aromatic carbocycles. The number of guanidine groups is 1. The van der Waals surface area contributed by atoms with Gasteiger partial charge in [0.1, 0.15) is 0 Å². The van der Waals surface area contributed by atoms with Gasteiger partial charge in [0.15, 0.2) is 5.96 Å². The molecule has 2 fully saturated rings. The number of hydrogen-bond acceptors (Lipinski definition) is 6. The third kappa shape index (κ3) is 11.4. The minimum atomic E-state index is -3.19. The Morgan fingerprint density at radius 2 is 1.97 bits per heavy atom. The van der Waals surface area contributed by atoms with E-state index in [1.807, 2.05) is 6.92 Å². The van der Waals surface area contributed by atoms with Crippen LogP contribution >= 0.6 is 35.7 Å². The van der Waals surface area contributed by atoms with Gasteiger partial charge in [-0.3, -0.25) is 4.99 Å². The molecular formula is C18H37IN4O4S2. The minimum absolute atomic E-state index is 0. The lowest BCUT2D eigenvalue weighted by atomic mass is 10.0. The zero-order chi connectivity index (χ0) is 20.1. The first-order chi connectivity index (χ1) is 13.6. The predicted octanol–water partition coefficient (Wildman–Crippen LogP) is 1.37. The van der Waals surface area contributed by atoms with Crippen LogP contribution in [-0.2, 0) is 19.5 Å². The second kappa shape index (κ2) is 15.9. The smallest absolute Gasteiger partial charge is 0.215 e. The molecule has 2 rings (SSSR count). The molecule has 0 saturated carbocycles. The van der Waals surface area contributed by atoms with Crippen LogP contribution in [0.5, 0.6) is 0 Å². The normalized spacial score (nSPS) is 19.6. The largest absolute Gasteiger partial charge is 0.381 e. The average molecular weight is 565 g/mol. The topological polar surface area (TPSA) is 92.3 Å². The summed E-state index contributed by atoms with van der Waals surface area (Å²) in [5.74, 6) is 3.14. The van der Waals surface area contributed by atoms with Crippen molar-refractivity contribution in [3.05, 3.63) is 0 Å². The molecule has 0 radical (unpaired) electrons. The van der Waals surface area contributed by atoms with Gasteiger partial charge in [0.25, 0.3) is 0 Å². The minimum Gasteiger partial charge on any atom is -0.381 e. The molecule has 8 nitrogen and oxygen atoms in total. The third-order valence-corrected chi connectivity index (χ3v) is 7.59. The molecule has 2 N–H and O–H groups in total. The maximum atomic E-state index is 12.4. The summed E-state index contributed by atoms with van der Waals surface area (Å²) < 4.78 is 37.5. The summed E-state index contributed by atoms with van der Waals surface area (Å²) >= 11 is 1.81. The van der Waals surface area contributed by atoms with Gasteiger partial charge in [-0.25, -0.2) is 12.7 Å². The molecule has 0 aliphatic carbocycles. The molecule has 172 valence electrons. The fraction of sp³-hybridized carbons (Fsp3) is 0.944. The fourth-order valence-electron chi connectivity index (χ4n) is 3.11. The van der Waals surface area contributed by atoms with Gasteiger partial charge in [0.2, 0.25) is 10.0 Å². The van der Waals surface area contributed by atoms with Crippen molar-refractivity contribution in [1.29, 1.82) is 0 Å².